The molecule has 0 aromatic rings. The predicted octanol–water partition coefficient (Wildman–Crippen LogP) is 2.71. The number of nitrogens with one attached hydrogen (secondary N) is 1. The first kappa shape index (κ1) is 16.3. The zero-order valence-electron chi connectivity index (χ0n) is 14.1. The Balaban J connectivity index is 1.72. The van der Waals surface area contributed by atoms with E-state index in [1.54, 1.807) is 0 Å². The summed E-state index contributed by atoms with van der Waals surface area (Å²) in [6, 6.07) is 3.18. The Labute approximate surface area is 126 Å². The van der Waals surface area contributed by atoms with Gasteiger partial charge in [-0.1, -0.05) is 6.42 Å². The summed E-state index contributed by atoms with van der Waals surface area (Å²) in [5, 5.41) is 3.51. The van der Waals surface area contributed by atoms with Gasteiger partial charge in [-0.15, -0.1) is 0 Å². The zero-order chi connectivity index (χ0) is 14.5. The molecule has 0 spiro atoms. The fourth-order valence-electron chi connectivity index (χ4n) is 3.99. The summed E-state index contributed by atoms with van der Waals surface area (Å²) < 4.78 is 0. The largest absolute Gasteiger partial charge is 0.317 e. The predicted molar refractivity (Wildman–Crippen MR) is 87.2 cm³/mol. The van der Waals surface area contributed by atoms with Gasteiger partial charge in [0.15, 0.2) is 0 Å². The highest BCUT2D eigenvalue weighted by molar-refractivity contribution is 4.94. The van der Waals surface area contributed by atoms with Gasteiger partial charge < -0.3 is 10.2 Å². The first-order valence-electron chi connectivity index (χ1n) is 8.75. The van der Waals surface area contributed by atoms with Crippen LogP contribution in [0.1, 0.15) is 58.8 Å². The second kappa shape index (κ2) is 7.77. The van der Waals surface area contributed by atoms with Crippen molar-refractivity contribution in [1.82, 2.24) is 15.1 Å². The lowest BCUT2D eigenvalue weighted by atomic mass is 9.81. The van der Waals surface area contributed by atoms with Crippen LogP contribution in [0.3, 0.4) is 0 Å². The fourth-order valence-corrected chi connectivity index (χ4v) is 3.99. The molecule has 2 unspecified atom stereocenters. The molecule has 2 heterocycles. The number of hydrogen-bond donors (Lipinski definition) is 1. The summed E-state index contributed by atoms with van der Waals surface area (Å²) in [6.07, 6.45) is 9.78. The van der Waals surface area contributed by atoms with Crippen LogP contribution in [0.4, 0.5) is 0 Å². The summed E-state index contributed by atoms with van der Waals surface area (Å²) in [5.41, 5.74) is 0. The maximum absolute atomic E-state index is 3.51. The van der Waals surface area contributed by atoms with E-state index in [1.807, 2.05) is 0 Å². The molecule has 0 aromatic heterocycles. The van der Waals surface area contributed by atoms with Crippen molar-refractivity contribution in [3.05, 3.63) is 0 Å². The average Bonchev–Trinajstić information content (AvgIpc) is 2.42. The van der Waals surface area contributed by atoms with E-state index in [-0.39, 0.29) is 0 Å². The Kier molecular flexibility index (Phi) is 6.31. The number of rotatable bonds is 7. The Morgan fingerprint density at radius 1 is 1.15 bits per heavy atom. The second-order valence-electron chi connectivity index (χ2n) is 7.21. The second-order valence-corrected chi connectivity index (χ2v) is 7.21. The lowest BCUT2D eigenvalue weighted by Gasteiger charge is -2.49. The quantitative estimate of drug-likeness (QED) is 0.724. The summed E-state index contributed by atoms with van der Waals surface area (Å²) in [5.74, 6) is 0. The molecule has 0 saturated carbocycles. The molecule has 2 aliphatic heterocycles. The third kappa shape index (κ3) is 4.19. The van der Waals surface area contributed by atoms with E-state index in [0.29, 0.717) is 6.04 Å². The van der Waals surface area contributed by atoms with E-state index in [2.05, 4.69) is 43.1 Å². The van der Waals surface area contributed by atoms with Crippen LogP contribution in [-0.4, -0.2) is 61.2 Å². The molecule has 1 N–H and O–H groups in total. The van der Waals surface area contributed by atoms with Gasteiger partial charge in [0.25, 0.3) is 0 Å². The van der Waals surface area contributed by atoms with E-state index in [0.717, 1.165) is 18.1 Å². The molecule has 3 nitrogen and oxygen atoms in total. The lowest BCUT2D eigenvalue weighted by molar-refractivity contribution is 0.0242. The molecular formula is C17H35N3. The van der Waals surface area contributed by atoms with Crippen LogP contribution in [0.15, 0.2) is 0 Å². The molecule has 2 fully saturated rings. The minimum absolute atomic E-state index is 0.681. The van der Waals surface area contributed by atoms with E-state index in [4.69, 9.17) is 0 Å². The van der Waals surface area contributed by atoms with Gasteiger partial charge in [-0.2, -0.15) is 0 Å². The van der Waals surface area contributed by atoms with Gasteiger partial charge in [0.2, 0.25) is 0 Å². The number of fused-ring (bicyclic) bond motifs is 2. The summed E-state index contributed by atoms with van der Waals surface area (Å²) in [4.78, 5) is 5.32. The molecule has 2 rings (SSSR count). The Morgan fingerprint density at radius 3 is 2.35 bits per heavy atom. The number of unbranched alkanes of at least 4 members (excludes halogenated alkanes) is 1. The molecule has 0 aliphatic carbocycles. The molecule has 3 heteroatoms. The maximum Gasteiger partial charge on any atom is 0.0113 e. The first-order valence-corrected chi connectivity index (χ1v) is 8.75. The summed E-state index contributed by atoms with van der Waals surface area (Å²) in [6.45, 7) is 7.15. The SMILES string of the molecule is CNC1CC2CCCC(C1)N2CCCCN(C)C(C)C. The molecule has 0 radical (unpaired) electrons. The fraction of sp³-hybridized carbons (Fsp3) is 1.00. The molecule has 0 amide bonds. The van der Waals surface area contributed by atoms with Gasteiger partial charge in [0.1, 0.15) is 0 Å². The van der Waals surface area contributed by atoms with E-state index in [1.165, 1.54) is 58.0 Å². The van der Waals surface area contributed by atoms with E-state index < -0.39 is 0 Å². The van der Waals surface area contributed by atoms with Crippen molar-refractivity contribution in [3.63, 3.8) is 0 Å². The minimum atomic E-state index is 0.681. The van der Waals surface area contributed by atoms with Gasteiger partial charge in [0.05, 0.1) is 0 Å². The third-order valence-corrected chi connectivity index (χ3v) is 5.59. The van der Waals surface area contributed by atoms with Crippen LogP contribution in [0.5, 0.6) is 0 Å². The first-order chi connectivity index (χ1) is 9.61. The van der Waals surface area contributed by atoms with Crippen molar-refractivity contribution in [1.29, 1.82) is 0 Å². The number of nitrogens with zero attached hydrogens (tertiary/aromatic N) is 2. The van der Waals surface area contributed by atoms with Crippen molar-refractivity contribution in [2.24, 2.45) is 0 Å². The molecule has 0 aromatic carbocycles. The molecule has 20 heavy (non-hydrogen) atoms. The standard InChI is InChI=1S/C17H35N3/c1-14(2)19(4)10-5-6-11-20-16-8-7-9-17(20)13-15(12-16)18-3/h14-18H,5-13H2,1-4H3. The monoisotopic (exact) mass is 281 g/mol. The van der Waals surface area contributed by atoms with Gasteiger partial charge in [-0.25, -0.2) is 0 Å². The summed E-state index contributed by atoms with van der Waals surface area (Å²) in [7, 11) is 4.38. The Bertz CT molecular complexity index is 265. The van der Waals surface area contributed by atoms with Gasteiger partial charge in [0, 0.05) is 24.2 Å². The molecule has 118 valence electrons. The van der Waals surface area contributed by atoms with Crippen LogP contribution < -0.4 is 5.32 Å². The van der Waals surface area contributed by atoms with Crippen molar-refractivity contribution < 1.29 is 0 Å². The third-order valence-electron chi connectivity index (χ3n) is 5.59. The van der Waals surface area contributed by atoms with Crippen molar-refractivity contribution in [3.8, 4) is 0 Å². The van der Waals surface area contributed by atoms with Gasteiger partial charge in [-0.05, 0) is 79.6 Å². The van der Waals surface area contributed by atoms with Gasteiger partial charge in [-0.3, -0.25) is 4.90 Å². The molecule has 2 atom stereocenters. The van der Waals surface area contributed by atoms with E-state index in [9.17, 15) is 0 Å². The van der Waals surface area contributed by atoms with E-state index >= 15 is 0 Å². The zero-order valence-corrected chi connectivity index (χ0v) is 14.1. The lowest BCUT2D eigenvalue weighted by Crippen LogP contribution is -2.56. The van der Waals surface area contributed by atoms with Crippen LogP contribution >= 0.6 is 0 Å². The molecule has 2 aliphatic rings. The smallest absolute Gasteiger partial charge is 0.0113 e. The molecular weight excluding hydrogens is 246 g/mol. The van der Waals surface area contributed by atoms with Gasteiger partial charge >= 0.3 is 0 Å². The van der Waals surface area contributed by atoms with Crippen LogP contribution in [-0.2, 0) is 0 Å². The van der Waals surface area contributed by atoms with Crippen LogP contribution in [0.25, 0.3) is 0 Å². The average molecular weight is 281 g/mol. The topological polar surface area (TPSA) is 18.5 Å². The number of piperidine rings is 2. The molecule has 2 bridgehead atoms. The van der Waals surface area contributed by atoms with Crippen molar-refractivity contribution >= 4 is 0 Å². The highest BCUT2D eigenvalue weighted by atomic mass is 15.2. The van der Waals surface area contributed by atoms with Crippen LogP contribution in [0, 0.1) is 0 Å². The Morgan fingerprint density at radius 2 is 1.80 bits per heavy atom. The normalized spacial score (nSPS) is 31.2. The molecule has 2 saturated heterocycles. The summed E-state index contributed by atoms with van der Waals surface area (Å²) >= 11 is 0. The minimum Gasteiger partial charge on any atom is -0.317 e. The number of hydrogen-bond acceptors (Lipinski definition) is 3. The van der Waals surface area contributed by atoms with Crippen molar-refractivity contribution in [2.45, 2.75) is 83.0 Å². The highest BCUT2D eigenvalue weighted by Gasteiger charge is 2.37. The Hall–Kier alpha value is -0.120. The van der Waals surface area contributed by atoms with Crippen LogP contribution in [0.2, 0.25) is 0 Å². The highest BCUT2D eigenvalue weighted by Crippen LogP contribution is 2.34. The van der Waals surface area contributed by atoms with Crippen molar-refractivity contribution in [2.75, 3.05) is 27.2 Å². The maximum atomic E-state index is 3.51.